The van der Waals surface area contributed by atoms with E-state index in [0.29, 0.717) is 5.56 Å². The second-order valence-corrected chi connectivity index (χ2v) is 6.23. The minimum absolute atomic E-state index is 0.613. The summed E-state index contributed by atoms with van der Waals surface area (Å²) in [7, 11) is 1.64. The highest BCUT2D eigenvalue weighted by Crippen LogP contribution is 2.35. The summed E-state index contributed by atoms with van der Waals surface area (Å²) in [4.78, 5) is 0. The zero-order valence-electron chi connectivity index (χ0n) is 14.0. The molecule has 0 radical (unpaired) electrons. The summed E-state index contributed by atoms with van der Waals surface area (Å²) in [6.45, 7) is 1.61. The first-order chi connectivity index (χ1) is 12.2. The van der Waals surface area contributed by atoms with Crippen molar-refractivity contribution >= 4 is 10.9 Å². The molecule has 1 aromatic heterocycles. The highest BCUT2D eigenvalue weighted by molar-refractivity contribution is 5.96. The summed E-state index contributed by atoms with van der Waals surface area (Å²) in [5.41, 5.74) is 4.54. The lowest BCUT2D eigenvalue weighted by Crippen LogP contribution is -2.20. The van der Waals surface area contributed by atoms with Crippen molar-refractivity contribution in [1.29, 1.82) is 5.26 Å². The molecule has 25 heavy (non-hydrogen) atoms. The van der Waals surface area contributed by atoms with Gasteiger partial charge in [0.2, 0.25) is 0 Å². The van der Waals surface area contributed by atoms with Gasteiger partial charge < -0.3 is 14.4 Å². The lowest BCUT2D eigenvalue weighted by atomic mass is 10.00. The third-order valence-corrected chi connectivity index (χ3v) is 4.73. The van der Waals surface area contributed by atoms with Gasteiger partial charge in [-0.1, -0.05) is 12.1 Å². The van der Waals surface area contributed by atoms with Gasteiger partial charge in [-0.2, -0.15) is 5.26 Å². The first kappa shape index (κ1) is 15.7. The van der Waals surface area contributed by atoms with Crippen molar-refractivity contribution in [1.82, 2.24) is 9.88 Å². The topological polar surface area (TPSA) is 70.2 Å². The number of hydrogen-bond donors (Lipinski definition) is 2. The Hall–Kier alpha value is -2.81. The Bertz CT molecular complexity index is 967. The number of aliphatic hydroxyl groups is 1. The molecule has 0 saturated carbocycles. The summed E-state index contributed by atoms with van der Waals surface area (Å²) in [6.07, 6.45) is 0.250. The predicted octanol–water partition coefficient (Wildman–Crippen LogP) is 3.17. The van der Waals surface area contributed by atoms with E-state index in [9.17, 15) is 10.4 Å². The third kappa shape index (κ3) is 2.66. The van der Waals surface area contributed by atoms with E-state index in [1.807, 2.05) is 42.5 Å². The molecule has 5 heteroatoms. The maximum Gasteiger partial charge on any atom is 0.146 e. The number of ether oxygens (including phenoxy) is 1. The molecule has 1 atom stereocenters. The number of methoxy groups -OCH3 is 1. The molecule has 5 nitrogen and oxygen atoms in total. The molecule has 2 heterocycles. The molecule has 0 saturated heterocycles. The fraction of sp³-hybridized carbons (Fsp3) is 0.250. The number of fused-ring (bicyclic) bond motifs is 3. The monoisotopic (exact) mass is 333 g/mol. The van der Waals surface area contributed by atoms with Crippen molar-refractivity contribution in [2.45, 2.75) is 19.2 Å². The van der Waals surface area contributed by atoms with Gasteiger partial charge in [-0.25, -0.2) is 0 Å². The number of nitrogens with zero attached hydrogens (tertiary/aromatic N) is 2. The van der Waals surface area contributed by atoms with Crippen molar-refractivity contribution in [3.05, 3.63) is 53.7 Å². The predicted molar refractivity (Wildman–Crippen MR) is 96.2 cm³/mol. The second kappa shape index (κ2) is 6.25. The fourth-order valence-corrected chi connectivity index (χ4v) is 3.54. The number of benzene rings is 2. The molecule has 2 aromatic carbocycles. The minimum Gasteiger partial charge on any atom is -0.497 e. The molecule has 1 aliphatic rings. The van der Waals surface area contributed by atoms with Crippen molar-refractivity contribution < 1.29 is 9.84 Å². The van der Waals surface area contributed by atoms with E-state index in [-0.39, 0.29) is 0 Å². The van der Waals surface area contributed by atoms with Crippen LogP contribution in [0.2, 0.25) is 0 Å². The molecule has 2 N–H and O–H groups in total. The Morgan fingerprint density at radius 3 is 2.76 bits per heavy atom. The van der Waals surface area contributed by atoms with Gasteiger partial charge in [0.05, 0.1) is 30.0 Å². The molecule has 0 amide bonds. The average Bonchev–Trinajstić information content (AvgIpc) is 2.93. The lowest BCUT2D eigenvalue weighted by Gasteiger charge is -2.13. The van der Waals surface area contributed by atoms with Crippen LogP contribution in [0, 0.1) is 11.3 Å². The van der Waals surface area contributed by atoms with E-state index in [4.69, 9.17) is 4.74 Å². The summed E-state index contributed by atoms with van der Waals surface area (Å²) in [6, 6.07) is 15.9. The van der Waals surface area contributed by atoms with Gasteiger partial charge in [-0.3, -0.25) is 5.32 Å². The maximum absolute atomic E-state index is 10.4. The van der Waals surface area contributed by atoms with E-state index >= 15 is 0 Å². The van der Waals surface area contributed by atoms with Gasteiger partial charge in [0.1, 0.15) is 12.0 Å². The van der Waals surface area contributed by atoms with E-state index in [1.165, 1.54) is 0 Å². The van der Waals surface area contributed by atoms with Crippen LogP contribution in [0.4, 0.5) is 0 Å². The number of hydrogen-bond acceptors (Lipinski definition) is 4. The van der Waals surface area contributed by atoms with Crippen LogP contribution in [-0.4, -0.2) is 23.3 Å². The fourth-order valence-electron chi connectivity index (χ4n) is 3.54. The first-order valence-corrected chi connectivity index (χ1v) is 8.34. The lowest BCUT2D eigenvalue weighted by molar-refractivity contribution is 0.138. The number of aliphatic hydroxyl groups excluding tert-OH is 1. The Balaban J connectivity index is 1.99. The van der Waals surface area contributed by atoms with Crippen LogP contribution in [0.15, 0.2) is 42.5 Å². The van der Waals surface area contributed by atoms with Crippen molar-refractivity contribution in [2.24, 2.45) is 0 Å². The van der Waals surface area contributed by atoms with Crippen molar-refractivity contribution in [3.8, 4) is 22.9 Å². The summed E-state index contributed by atoms with van der Waals surface area (Å²) in [5.74, 6) is 0.796. The maximum atomic E-state index is 10.4. The molecule has 3 aromatic rings. The van der Waals surface area contributed by atoms with Gasteiger partial charge >= 0.3 is 0 Å². The Labute approximate surface area is 146 Å². The second-order valence-electron chi connectivity index (χ2n) is 6.23. The van der Waals surface area contributed by atoms with Crippen molar-refractivity contribution in [2.75, 3.05) is 13.7 Å². The normalized spacial score (nSPS) is 16.9. The number of aryl methyl sites for hydroxylation is 1. The van der Waals surface area contributed by atoms with Gasteiger partial charge in [0.15, 0.2) is 0 Å². The van der Waals surface area contributed by atoms with Gasteiger partial charge in [0.25, 0.3) is 0 Å². The van der Waals surface area contributed by atoms with Crippen LogP contribution in [0.3, 0.4) is 0 Å². The van der Waals surface area contributed by atoms with E-state index < -0.39 is 6.23 Å². The number of nitriles is 1. The molecule has 0 bridgehead atoms. The molecule has 0 aliphatic carbocycles. The molecule has 126 valence electrons. The molecule has 0 spiro atoms. The third-order valence-electron chi connectivity index (χ3n) is 4.73. The first-order valence-electron chi connectivity index (χ1n) is 8.34. The number of rotatable bonds is 2. The van der Waals surface area contributed by atoms with Crippen LogP contribution in [-0.2, 0) is 6.54 Å². The molecule has 4 rings (SSSR count). The summed E-state index contributed by atoms with van der Waals surface area (Å²) in [5, 5.41) is 23.9. The Morgan fingerprint density at radius 1 is 1.24 bits per heavy atom. The van der Waals surface area contributed by atoms with E-state index in [1.54, 1.807) is 7.11 Å². The highest BCUT2D eigenvalue weighted by Gasteiger charge is 2.21. The van der Waals surface area contributed by atoms with Crippen LogP contribution in [0.5, 0.6) is 5.75 Å². The summed E-state index contributed by atoms with van der Waals surface area (Å²) >= 11 is 0. The van der Waals surface area contributed by atoms with Crippen molar-refractivity contribution in [3.63, 3.8) is 0 Å². The van der Waals surface area contributed by atoms with Gasteiger partial charge in [-0.15, -0.1) is 0 Å². The zero-order valence-corrected chi connectivity index (χ0v) is 14.0. The molecular weight excluding hydrogens is 314 g/mol. The highest BCUT2D eigenvalue weighted by atomic mass is 16.5. The molecule has 1 unspecified atom stereocenters. The van der Waals surface area contributed by atoms with Crippen LogP contribution < -0.4 is 10.1 Å². The van der Waals surface area contributed by atoms with E-state index in [0.717, 1.165) is 53.0 Å². The number of nitrogens with one attached hydrogen (secondary N) is 1. The van der Waals surface area contributed by atoms with Gasteiger partial charge in [-0.05, 0) is 48.9 Å². The molecule has 0 fully saturated rings. The van der Waals surface area contributed by atoms with Crippen LogP contribution in [0.1, 0.15) is 23.9 Å². The molecule has 1 aliphatic heterocycles. The Kier molecular flexibility index (Phi) is 3.92. The zero-order chi connectivity index (χ0) is 17.4. The van der Waals surface area contributed by atoms with Crippen LogP contribution in [0.25, 0.3) is 22.0 Å². The van der Waals surface area contributed by atoms with Gasteiger partial charge in [0, 0.05) is 17.5 Å². The standard InChI is InChI=1S/C20H19N3O2/c1-25-16-5-3-14(4-6-16)17-10-13(12-21)9-15-11-18-20(24)22-7-2-8-23(18)19(15)17/h3-6,9-11,20,22,24H,2,7-8H2,1H3. The SMILES string of the molecule is COc1ccc(-c2cc(C#N)cc3cc4n(c23)CCCNC4O)cc1. The minimum atomic E-state index is -0.691. The Morgan fingerprint density at radius 2 is 2.04 bits per heavy atom. The van der Waals surface area contributed by atoms with E-state index in [2.05, 4.69) is 16.0 Å². The largest absolute Gasteiger partial charge is 0.497 e. The average molecular weight is 333 g/mol. The molecular formula is C20H19N3O2. The quantitative estimate of drug-likeness (QED) is 0.756. The number of aromatic nitrogens is 1. The summed E-state index contributed by atoms with van der Waals surface area (Å²) < 4.78 is 7.41. The van der Waals surface area contributed by atoms with Crippen LogP contribution >= 0.6 is 0 Å². The smallest absolute Gasteiger partial charge is 0.146 e.